The van der Waals surface area contributed by atoms with Crippen LogP contribution in [0.1, 0.15) is 12.8 Å². The van der Waals surface area contributed by atoms with E-state index in [-0.39, 0.29) is 11.9 Å². The number of aromatic nitrogens is 2. The van der Waals surface area contributed by atoms with Crippen LogP contribution in [0.5, 0.6) is 0 Å². The van der Waals surface area contributed by atoms with Gasteiger partial charge in [-0.2, -0.15) is 0 Å². The second-order valence-corrected chi connectivity index (χ2v) is 6.34. The van der Waals surface area contributed by atoms with E-state index in [4.69, 9.17) is 16.3 Å². The zero-order chi connectivity index (χ0) is 16.5. The first kappa shape index (κ1) is 15.4. The van der Waals surface area contributed by atoms with Crippen molar-refractivity contribution in [3.8, 4) is 11.3 Å². The first-order chi connectivity index (χ1) is 11.7. The number of rotatable bonds is 4. The minimum atomic E-state index is -0.264. The predicted molar refractivity (Wildman–Crippen MR) is 93.1 cm³/mol. The molecule has 1 fully saturated rings. The third-order valence-electron chi connectivity index (χ3n) is 4.22. The summed E-state index contributed by atoms with van der Waals surface area (Å²) in [5, 5.41) is 4.07. The molecule has 0 spiro atoms. The van der Waals surface area contributed by atoms with Crippen LogP contribution < -0.4 is 5.32 Å². The molecular weight excluding hydrogens is 329 g/mol. The van der Waals surface area contributed by atoms with Gasteiger partial charge in [-0.3, -0.25) is 4.40 Å². The Bertz CT molecular complexity index is 857. The van der Waals surface area contributed by atoms with Crippen LogP contribution in [0.25, 0.3) is 16.9 Å². The standard InChI is InChI=1S/C18H17ClFN3O/c19-13-5-8-16-22-17(12-3-6-14(20)7-4-12)18(23(16)11-13)21-10-15-2-1-9-24-15/h3-8,11,15,21H,1-2,9-10H2/t15-/m0/s1. The fraction of sp³-hybridized carbons (Fsp3) is 0.278. The van der Waals surface area contributed by atoms with Crippen LogP contribution in [-0.4, -0.2) is 28.6 Å². The minimum Gasteiger partial charge on any atom is -0.376 e. The summed E-state index contributed by atoms with van der Waals surface area (Å²) < 4.78 is 20.8. The van der Waals surface area contributed by atoms with Crippen molar-refractivity contribution in [2.24, 2.45) is 0 Å². The number of imidazole rings is 1. The van der Waals surface area contributed by atoms with Crippen LogP contribution in [0.4, 0.5) is 10.2 Å². The Morgan fingerprint density at radius 1 is 1.25 bits per heavy atom. The van der Waals surface area contributed by atoms with E-state index in [1.54, 1.807) is 12.1 Å². The Morgan fingerprint density at radius 3 is 2.83 bits per heavy atom. The van der Waals surface area contributed by atoms with Gasteiger partial charge < -0.3 is 10.1 Å². The normalized spacial score (nSPS) is 17.5. The Morgan fingerprint density at radius 2 is 2.08 bits per heavy atom. The van der Waals surface area contributed by atoms with Gasteiger partial charge in [-0.25, -0.2) is 9.37 Å². The van der Waals surface area contributed by atoms with Gasteiger partial charge in [-0.1, -0.05) is 11.6 Å². The van der Waals surface area contributed by atoms with E-state index in [0.29, 0.717) is 11.6 Å². The highest BCUT2D eigenvalue weighted by molar-refractivity contribution is 6.30. The van der Waals surface area contributed by atoms with Crippen molar-refractivity contribution in [1.82, 2.24) is 9.38 Å². The number of hydrogen-bond acceptors (Lipinski definition) is 3. The predicted octanol–water partition coefficient (Wildman–Crippen LogP) is 4.38. The van der Waals surface area contributed by atoms with Crippen molar-refractivity contribution in [3.05, 3.63) is 53.4 Å². The zero-order valence-electron chi connectivity index (χ0n) is 13.0. The summed E-state index contributed by atoms with van der Waals surface area (Å²) in [5.74, 6) is 0.578. The summed E-state index contributed by atoms with van der Waals surface area (Å²) in [6.07, 6.45) is 4.18. The molecule has 4 rings (SSSR count). The topological polar surface area (TPSA) is 38.6 Å². The summed E-state index contributed by atoms with van der Waals surface area (Å²) >= 11 is 6.14. The average Bonchev–Trinajstić information content (AvgIpc) is 3.21. The van der Waals surface area contributed by atoms with Gasteiger partial charge in [0.1, 0.15) is 23.0 Å². The minimum absolute atomic E-state index is 0.204. The molecule has 2 aromatic heterocycles. The monoisotopic (exact) mass is 345 g/mol. The van der Waals surface area contributed by atoms with Gasteiger partial charge in [0.15, 0.2) is 0 Å². The number of halogens is 2. The molecule has 1 aliphatic heterocycles. The first-order valence-electron chi connectivity index (χ1n) is 8.00. The summed E-state index contributed by atoms with van der Waals surface area (Å²) in [4.78, 5) is 4.68. The molecule has 3 aromatic rings. The lowest BCUT2D eigenvalue weighted by molar-refractivity contribution is 0.120. The van der Waals surface area contributed by atoms with Crippen LogP contribution in [0, 0.1) is 5.82 Å². The quantitative estimate of drug-likeness (QED) is 0.762. The highest BCUT2D eigenvalue weighted by atomic mass is 35.5. The first-order valence-corrected chi connectivity index (χ1v) is 8.37. The smallest absolute Gasteiger partial charge is 0.139 e. The second-order valence-electron chi connectivity index (χ2n) is 5.91. The molecule has 1 aliphatic rings. The molecule has 0 amide bonds. The summed E-state index contributed by atoms with van der Waals surface area (Å²) in [6.45, 7) is 1.52. The Kier molecular flexibility index (Phi) is 4.12. The molecule has 0 radical (unpaired) electrons. The molecule has 6 heteroatoms. The Labute approximate surface area is 144 Å². The van der Waals surface area contributed by atoms with Crippen LogP contribution in [0.15, 0.2) is 42.6 Å². The van der Waals surface area contributed by atoms with Crippen LogP contribution in [-0.2, 0) is 4.74 Å². The van der Waals surface area contributed by atoms with E-state index in [1.165, 1.54) is 12.1 Å². The van der Waals surface area contributed by atoms with E-state index >= 15 is 0 Å². The van der Waals surface area contributed by atoms with Crippen LogP contribution in [0.2, 0.25) is 5.02 Å². The maximum atomic E-state index is 13.2. The number of fused-ring (bicyclic) bond motifs is 1. The van der Waals surface area contributed by atoms with Gasteiger partial charge in [0.05, 0.1) is 11.1 Å². The molecule has 1 atom stereocenters. The Balaban J connectivity index is 1.75. The number of ether oxygens (including phenoxy) is 1. The third-order valence-corrected chi connectivity index (χ3v) is 4.44. The summed E-state index contributed by atoms with van der Waals surface area (Å²) in [5.41, 5.74) is 2.41. The largest absolute Gasteiger partial charge is 0.376 e. The van der Waals surface area contributed by atoms with E-state index in [2.05, 4.69) is 10.3 Å². The molecule has 0 aliphatic carbocycles. The van der Waals surface area contributed by atoms with Crippen molar-refractivity contribution in [1.29, 1.82) is 0 Å². The lowest BCUT2D eigenvalue weighted by Gasteiger charge is -2.13. The number of hydrogen-bond donors (Lipinski definition) is 1. The second kappa shape index (κ2) is 6.42. The molecule has 1 N–H and O–H groups in total. The Hall–Kier alpha value is -2.11. The van der Waals surface area contributed by atoms with Gasteiger partial charge >= 0.3 is 0 Å². The van der Waals surface area contributed by atoms with Crippen molar-refractivity contribution in [3.63, 3.8) is 0 Å². The summed E-state index contributed by atoms with van der Waals surface area (Å²) in [6, 6.07) is 10.0. The third kappa shape index (κ3) is 2.97. The molecule has 0 bridgehead atoms. The van der Waals surface area contributed by atoms with E-state index in [9.17, 15) is 4.39 Å². The molecule has 3 heterocycles. The van der Waals surface area contributed by atoms with Gasteiger partial charge in [0.2, 0.25) is 0 Å². The number of nitrogens with zero attached hydrogens (tertiary/aromatic N) is 2. The highest BCUT2D eigenvalue weighted by Gasteiger charge is 2.19. The highest BCUT2D eigenvalue weighted by Crippen LogP contribution is 2.30. The maximum Gasteiger partial charge on any atom is 0.139 e. The fourth-order valence-corrected chi connectivity index (χ4v) is 3.17. The van der Waals surface area contributed by atoms with Crippen molar-refractivity contribution >= 4 is 23.1 Å². The molecule has 0 unspecified atom stereocenters. The molecule has 0 saturated carbocycles. The maximum absolute atomic E-state index is 13.2. The van der Waals surface area contributed by atoms with Crippen molar-refractivity contribution in [2.75, 3.05) is 18.5 Å². The molecule has 1 saturated heterocycles. The SMILES string of the molecule is Fc1ccc(-c2nc3ccc(Cl)cn3c2NC[C@@H]2CCCO2)cc1. The number of nitrogens with one attached hydrogen (secondary N) is 1. The number of pyridine rings is 1. The van der Waals surface area contributed by atoms with Crippen molar-refractivity contribution in [2.45, 2.75) is 18.9 Å². The molecule has 1 aromatic carbocycles. The molecule has 4 nitrogen and oxygen atoms in total. The van der Waals surface area contributed by atoms with E-state index in [0.717, 1.165) is 42.2 Å². The van der Waals surface area contributed by atoms with Gasteiger partial charge in [0, 0.05) is 24.9 Å². The van der Waals surface area contributed by atoms with Crippen LogP contribution >= 0.6 is 11.6 Å². The molecular formula is C18H17ClFN3O. The average molecular weight is 346 g/mol. The summed E-state index contributed by atoms with van der Waals surface area (Å²) in [7, 11) is 0. The van der Waals surface area contributed by atoms with Crippen molar-refractivity contribution < 1.29 is 9.13 Å². The lowest BCUT2D eigenvalue weighted by Crippen LogP contribution is -2.19. The van der Waals surface area contributed by atoms with Gasteiger partial charge in [-0.15, -0.1) is 0 Å². The van der Waals surface area contributed by atoms with Gasteiger partial charge in [0.25, 0.3) is 0 Å². The van der Waals surface area contributed by atoms with E-state index in [1.807, 2.05) is 22.7 Å². The fourth-order valence-electron chi connectivity index (χ4n) is 3.01. The van der Waals surface area contributed by atoms with Gasteiger partial charge in [-0.05, 0) is 49.2 Å². The molecule has 124 valence electrons. The zero-order valence-corrected chi connectivity index (χ0v) is 13.8. The number of benzene rings is 1. The lowest BCUT2D eigenvalue weighted by atomic mass is 10.1. The van der Waals surface area contributed by atoms with E-state index < -0.39 is 0 Å². The number of anilines is 1. The van der Waals surface area contributed by atoms with Crippen LogP contribution in [0.3, 0.4) is 0 Å². The molecule has 24 heavy (non-hydrogen) atoms.